The van der Waals surface area contributed by atoms with Gasteiger partial charge in [0.1, 0.15) is 0 Å². The number of ketones is 1. The maximum atomic E-state index is 11.2. The number of rotatable bonds is 2. The van der Waals surface area contributed by atoms with E-state index in [9.17, 15) is 4.79 Å². The Balaban J connectivity index is 3.08. The number of aryl methyl sites for hydroxylation is 2. The van der Waals surface area contributed by atoms with Gasteiger partial charge in [0.25, 0.3) is 0 Å². The van der Waals surface area contributed by atoms with Crippen LogP contribution in [0.1, 0.15) is 21.5 Å². The summed E-state index contributed by atoms with van der Waals surface area (Å²) in [5, 5.41) is 0. The molecule has 0 saturated carbocycles. The maximum Gasteiger partial charge on any atom is 0.177 e. The Labute approximate surface area is 77.4 Å². The molecule has 1 aromatic carbocycles. The van der Waals surface area contributed by atoms with Crippen LogP contribution in [-0.2, 0) is 0 Å². The first kappa shape index (κ1) is 9.27. The second kappa shape index (κ2) is 3.72. The summed E-state index contributed by atoms with van der Waals surface area (Å²) in [4.78, 5) is 11.2. The van der Waals surface area contributed by atoms with E-state index < -0.39 is 0 Å². The van der Waals surface area contributed by atoms with Gasteiger partial charge in [-0.3, -0.25) is 4.79 Å². The highest BCUT2D eigenvalue weighted by Gasteiger charge is 2.04. The van der Waals surface area contributed by atoms with Crippen LogP contribution in [0.5, 0.6) is 0 Å². The van der Waals surface area contributed by atoms with E-state index in [-0.39, 0.29) is 11.7 Å². The molecule has 0 bridgehead atoms. The van der Waals surface area contributed by atoms with Gasteiger partial charge in [-0.25, -0.2) is 0 Å². The number of benzene rings is 1. The molecule has 0 fully saturated rings. The molecule has 12 heavy (non-hydrogen) atoms. The van der Waals surface area contributed by atoms with Gasteiger partial charge in [0.2, 0.25) is 0 Å². The van der Waals surface area contributed by atoms with Crippen LogP contribution in [0.15, 0.2) is 18.2 Å². The van der Waals surface area contributed by atoms with Crippen LogP contribution in [0.25, 0.3) is 0 Å². The van der Waals surface area contributed by atoms with Crippen LogP contribution < -0.4 is 0 Å². The first-order chi connectivity index (χ1) is 5.63. The number of hydrogen-bond donors (Lipinski definition) is 0. The lowest BCUT2D eigenvalue weighted by atomic mass is 10.1. The van der Waals surface area contributed by atoms with E-state index in [0.717, 1.165) is 11.1 Å². The molecule has 1 nitrogen and oxygen atoms in total. The molecular weight excluding hydrogens is 172 g/mol. The second-order valence-electron chi connectivity index (χ2n) is 2.93. The van der Waals surface area contributed by atoms with E-state index >= 15 is 0 Å². The number of alkyl halides is 1. The molecule has 64 valence electrons. The SMILES string of the molecule is Cc1cc(C)cc(C(=O)CCl)c1. The molecule has 0 unspecified atom stereocenters. The summed E-state index contributed by atoms with van der Waals surface area (Å²) in [5.41, 5.74) is 2.91. The zero-order chi connectivity index (χ0) is 9.14. The molecule has 0 radical (unpaired) electrons. The van der Waals surface area contributed by atoms with Crippen LogP contribution in [0.2, 0.25) is 0 Å². The van der Waals surface area contributed by atoms with Gasteiger partial charge in [0.05, 0.1) is 5.88 Å². The van der Waals surface area contributed by atoms with E-state index in [1.807, 2.05) is 32.0 Å². The molecular formula is C10H11ClO. The van der Waals surface area contributed by atoms with Crippen molar-refractivity contribution in [3.63, 3.8) is 0 Å². The number of carbonyl (C=O) groups excluding carboxylic acids is 1. The van der Waals surface area contributed by atoms with Crippen molar-refractivity contribution in [2.75, 3.05) is 5.88 Å². The van der Waals surface area contributed by atoms with Crippen molar-refractivity contribution < 1.29 is 4.79 Å². The molecule has 0 aliphatic carbocycles. The largest absolute Gasteiger partial charge is 0.293 e. The molecule has 0 heterocycles. The fourth-order valence-electron chi connectivity index (χ4n) is 1.21. The highest BCUT2D eigenvalue weighted by Crippen LogP contribution is 2.09. The lowest BCUT2D eigenvalue weighted by molar-refractivity contribution is 0.102. The first-order valence-corrected chi connectivity index (χ1v) is 4.34. The van der Waals surface area contributed by atoms with Crippen LogP contribution in [-0.4, -0.2) is 11.7 Å². The molecule has 0 aromatic heterocycles. The van der Waals surface area contributed by atoms with Crippen LogP contribution in [0, 0.1) is 13.8 Å². The molecule has 0 saturated heterocycles. The normalized spacial score (nSPS) is 9.92. The summed E-state index contributed by atoms with van der Waals surface area (Å²) < 4.78 is 0. The van der Waals surface area contributed by atoms with Crippen molar-refractivity contribution in [2.45, 2.75) is 13.8 Å². The smallest absolute Gasteiger partial charge is 0.177 e. The summed E-state index contributed by atoms with van der Waals surface area (Å²) >= 11 is 5.44. The fraction of sp³-hybridized carbons (Fsp3) is 0.300. The molecule has 1 aromatic rings. The summed E-state index contributed by atoms with van der Waals surface area (Å²) in [5.74, 6) is 0.0477. The number of hydrogen-bond acceptors (Lipinski definition) is 1. The Morgan fingerprint density at radius 2 is 1.75 bits per heavy atom. The van der Waals surface area contributed by atoms with Gasteiger partial charge in [0.15, 0.2) is 5.78 Å². The second-order valence-corrected chi connectivity index (χ2v) is 3.20. The van der Waals surface area contributed by atoms with Crippen LogP contribution >= 0.6 is 11.6 Å². The van der Waals surface area contributed by atoms with Crippen LogP contribution in [0.3, 0.4) is 0 Å². The number of halogens is 1. The van der Waals surface area contributed by atoms with Crippen molar-refractivity contribution in [1.29, 1.82) is 0 Å². The fourth-order valence-corrected chi connectivity index (χ4v) is 1.37. The van der Waals surface area contributed by atoms with Gasteiger partial charge in [0, 0.05) is 5.56 Å². The summed E-state index contributed by atoms with van der Waals surface area (Å²) in [6.07, 6.45) is 0. The Hall–Kier alpha value is -0.820. The molecule has 0 spiro atoms. The van der Waals surface area contributed by atoms with Gasteiger partial charge in [-0.1, -0.05) is 17.2 Å². The molecule has 0 aliphatic heterocycles. The standard InChI is InChI=1S/C10H11ClO/c1-7-3-8(2)5-9(4-7)10(12)6-11/h3-5H,6H2,1-2H3. The van der Waals surface area contributed by atoms with E-state index in [1.54, 1.807) is 0 Å². The van der Waals surface area contributed by atoms with Gasteiger partial charge in [-0.2, -0.15) is 0 Å². The van der Waals surface area contributed by atoms with E-state index in [4.69, 9.17) is 11.6 Å². The van der Waals surface area contributed by atoms with Crippen molar-refractivity contribution in [1.82, 2.24) is 0 Å². The average Bonchev–Trinajstić information content (AvgIpc) is 2.01. The van der Waals surface area contributed by atoms with Crippen molar-refractivity contribution in [2.24, 2.45) is 0 Å². The lowest BCUT2D eigenvalue weighted by Crippen LogP contribution is -2.00. The lowest BCUT2D eigenvalue weighted by Gasteiger charge is -2.01. The third-order valence-corrected chi connectivity index (χ3v) is 1.91. The number of Topliss-reactive ketones (excluding diaryl/α,β-unsaturated/α-hetero) is 1. The zero-order valence-electron chi connectivity index (χ0n) is 7.23. The minimum atomic E-state index is -0.0107. The quantitative estimate of drug-likeness (QED) is 0.508. The van der Waals surface area contributed by atoms with Gasteiger partial charge >= 0.3 is 0 Å². The molecule has 1 rings (SSSR count). The molecule has 0 atom stereocenters. The number of carbonyl (C=O) groups is 1. The van der Waals surface area contributed by atoms with Crippen molar-refractivity contribution in [3.05, 3.63) is 34.9 Å². The topological polar surface area (TPSA) is 17.1 Å². The minimum Gasteiger partial charge on any atom is -0.293 e. The summed E-state index contributed by atoms with van der Waals surface area (Å²) in [7, 11) is 0. The molecule has 2 heteroatoms. The maximum absolute atomic E-state index is 11.2. The predicted molar refractivity (Wildman–Crippen MR) is 51.0 cm³/mol. The summed E-state index contributed by atoms with van der Waals surface area (Å²) in [6, 6.07) is 5.75. The van der Waals surface area contributed by atoms with Crippen molar-refractivity contribution >= 4 is 17.4 Å². The predicted octanol–water partition coefficient (Wildman–Crippen LogP) is 2.72. The van der Waals surface area contributed by atoms with E-state index in [0.29, 0.717) is 5.56 Å². The van der Waals surface area contributed by atoms with Gasteiger partial charge < -0.3 is 0 Å². The first-order valence-electron chi connectivity index (χ1n) is 3.81. The van der Waals surface area contributed by atoms with E-state index in [1.165, 1.54) is 0 Å². The van der Waals surface area contributed by atoms with E-state index in [2.05, 4.69) is 0 Å². The third-order valence-electron chi connectivity index (χ3n) is 1.67. The Morgan fingerprint density at radius 1 is 1.25 bits per heavy atom. The molecule has 0 N–H and O–H groups in total. The van der Waals surface area contributed by atoms with Crippen molar-refractivity contribution in [3.8, 4) is 0 Å². The Kier molecular flexibility index (Phi) is 2.88. The third kappa shape index (κ3) is 2.08. The van der Waals surface area contributed by atoms with Crippen LogP contribution in [0.4, 0.5) is 0 Å². The highest BCUT2D eigenvalue weighted by molar-refractivity contribution is 6.30. The highest BCUT2D eigenvalue weighted by atomic mass is 35.5. The molecule has 0 amide bonds. The summed E-state index contributed by atoms with van der Waals surface area (Å²) in [6.45, 7) is 3.94. The Morgan fingerprint density at radius 3 is 2.17 bits per heavy atom. The molecule has 0 aliphatic rings. The Bertz CT molecular complexity index is 284. The van der Waals surface area contributed by atoms with Gasteiger partial charge in [-0.05, 0) is 26.0 Å². The zero-order valence-corrected chi connectivity index (χ0v) is 7.98. The van der Waals surface area contributed by atoms with Gasteiger partial charge in [-0.15, -0.1) is 11.6 Å². The monoisotopic (exact) mass is 182 g/mol. The minimum absolute atomic E-state index is 0.0107. The average molecular weight is 183 g/mol.